The minimum atomic E-state index is -2.92. The summed E-state index contributed by atoms with van der Waals surface area (Å²) in [6, 6.07) is 0. The first kappa shape index (κ1) is 33.8. The molecule has 0 fully saturated rings. The van der Waals surface area contributed by atoms with Gasteiger partial charge in [-0.2, -0.15) is 0 Å². The van der Waals surface area contributed by atoms with Crippen molar-refractivity contribution in [1.82, 2.24) is 0 Å². The first-order chi connectivity index (χ1) is 13.8. The normalized spacial score (nSPS) is 15.4. The number of carbonyl (C=O) groups excluding carboxylic acids is 1. The van der Waals surface area contributed by atoms with Crippen molar-refractivity contribution in [1.29, 1.82) is 0 Å². The largest absolute Gasteiger partial charge is 0.513 e. The maximum atomic E-state index is 11.7. The highest BCUT2D eigenvalue weighted by Gasteiger charge is 2.46. The fourth-order valence-electron chi connectivity index (χ4n) is 2.94. The average Bonchev–Trinajstić information content (AvgIpc) is 2.47. The number of allylic oxidation sites excluding steroid dienone is 1. The molecular formula is C19H46O9Si4. The van der Waals surface area contributed by atoms with Crippen LogP contribution in [0.1, 0.15) is 19.8 Å². The molecule has 2 unspecified atom stereocenters. The van der Waals surface area contributed by atoms with Gasteiger partial charge >= 0.3 is 23.3 Å². The molecule has 13 heteroatoms. The van der Waals surface area contributed by atoms with Gasteiger partial charge in [-0.3, -0.25) is 4.79 Å². The Morgan fingerprint density at radius 3 is 1.88 bits per heavy atom. The zero-order valence-corrected chi connectivity index (χ0v) is 25.6. The van der Waals surface area contributed by atoms with Crippen LogP contribution in [0.4, 0.5) is 0 Å². The van der Waals surface area contributed by atoms with Gasteiger partial charge in [0.1, 0.15) is 6.10 Å². The number of esters is 1. The topological polar surface area (TPSA) is 124 Å². The first-order valence-corrected chi connectivity index (χ1v) is 22.6. The number of aliphatic hydroxyl groups excluding tert-OH is 1. The highest BCUT2D eigenvalue weighted by atomic mass is 28.5. The van der Waals surface area contributed by atoms with Crippen molar-refractivity contribution in [2.45, 2.75) is 84.8 Å². The van der Waals surface area contributed by atoms with Crippen LogP contribution < -0.4 is 0 Å². The Kier molecular flexibility index (Phi) is 14.9. The van der Waals surface area contributed by atoms with Gasteiger partial charge in [0, 0.05) is 13.0 Å². The number of ether oxygens (including phenoxy) is 2. The van der Waals surface area contributed by atoms with Crippen molar-refractivity contribution in [3.63, 3.8) is 0 Å². The third-order valence-electron chi connectivity index (χ3n) is 3.37. The molecule has 0 rings (SSSR count). The van der Waals surface area contributed by atoms with Crippen LogP contribution in [-0.4, -0.2) is 76.5 Å². The lowest BCUT2D eigenvalue weighted by Crippen LogP contribution is -2.58. The van der Waals surface area contributed by atoms with Crippen LogP contribution in [0.5, 0.6) is 0 Å². The van der Waals surface area contributed by atoms with Crippen molar-refractivity contribution in [3.05, 3.63) is 12.3 Å². The molecule has 0 bridgehead atoms. The van der Waals surface area contributed by atoms with E-state index < -0.39 is 46.1 Å². The molecule has 0 aliphatic carbocycles. The molecule has 192 valence electrons. The maximum Gasteiger partial charge on any atom is 0.478 e. The molecule has 0 aromatic carbocycles. The Hall–Kier alpha value is -0.362. The monoisotopic (exact) mass is 530 g/mol. The summed E-state index contributed by atoms with van der Waals surface area (Å²) in [5, 5.41) is 9.04. The van der Waals surface area contributed by atoms with E-state index >= 15 is 0 Å². The van der Waals surface area contributed by atoms with Gasteiger partial charge in [0.2, 0.25) is 0 Å². The molecule has 0 aromatic rings. The Bertz CT molecular complexity index is 576. The second-order valence-corrected chi connectivity index (χ2v) is 25.8. The Morgan fingerprint density at radius 1 is 0.875 bits per heavy atom. The summed E-state index contributed by atoms with van der Waals surface area (Å²) in [5.74, 6) is -0.427. The smallest absolute Gasteiger partial charge is 0.478 e. The standard InChI is InChI=1S/C19H44O8Si4.H2O/c1-17(20)12-13-19(21)24-18(2)16-22-14-15-23-31(11,26-29(6,7)8)27-30(9,10)25-28(3,4)5;/h18,20H,1,12-16H2,2-11H3;1H2. The highest BCUT2D eigenvalue weighted by Crippen LogP contribution is 2.24. The predicted octanol–water partition coefficient (Wildman–Crippen LogP) is 3.97. The minimum absolute atomic E-state index is 0. The molecule has 0 radical (unpaired) electrons. The third kappa shape index (κ3) is 19.1. The molecule has 0 aliphatic heterocycles. The molecule has 2 atom stereocenters. The lowest BCUT2D eigenvalue weighted by Gasteiger charge is -2.40. The van der Waals surface area contributed by atoms with E-state index in [9.17, 15) is 4.79 Å². The summed E-state index contributed by atoms with van der Waals surface area (Å²) in [6.07, 6.45) is -0.104. The molecular weight excluding hydrogens is 485 g/mol. The van der Waals surface area contributed by atoms with Crippen LogP contribution in [0.15, 0.2) is 12.3 Å². The van der Waals surface area contributed by atoms with Gasteiger partial charge in [-0.25, -0.2) is 0 Å². The van der Waals surface area contributed by atoms with E-state index in [1.807, 2.05) is 19.6 Å². The number of carbonyl (C=O) groups is 1. The molecule has 9 nitrogen and oxygen atoms in total. The first-order valence-electron chi connectivity index (χ1n) is 10.7. The van der Waals surface area contributed by atoms with Crippen molar-refractivity contribution < 1.29 is 41.6 Å². The van der Waals surface area contributed by atoms with Crippen molar-refractivity contribution in [3.8, 4) is 0 Å². The van der Waals surface area contributed by atoms with Crippen LogP contribution in [0, 0.1) is 0 Å². The second-order valence-electron chi connectivity index (χ2n) is 10.1. The molecule has 0 saturated heterocycles. The van der Waals surface area contributed by atoms with E-state index in [-0.39, 0.29) is 30.7 Å². The minimum Gasteiger partial charge on any atom is -0.513 e. The summed E-state index contributed by atoms with van der Waals surface area (Å²) >= 11 is 0. The van der Waals surface area contributed by atoms with Gasteiger partial charge in [0.15, 0.2) is 16.6 Å². The fraction of sp³-hybridized carbons (Fsp3) is 0.842. The molecule has 0 heterocycles. The van der Waals surface area contributed by atoms with Crippen LogP contribution in [0.3, 0.4) is 0 Å². The molecule has 0 aliphatic rings. The zero-order chi connectivity index (χ0) is 24.5. The lowest BCUT2D eigenvalue weighted by atomic mass is 10.3. The Balaban J connectivity index is 0. The molecule has 0 aromatic heterocycles. The lowest BCUT2D eigenvalue weighted by molar-refractivity contribution is -0.151. The Morgan fingerprint density at radius 2 is 1.41 bits per heavy atom. The fourth-order valence-corrected chi connectivity index (χ4v) is 18.9. The summed E-state index contributed by atoms with van der Waals surface area (Å²) in [4.78, 5) is 11.7. The van der Waals surface area contributed by atoms with Crippen LogP contribution in [-0.2, 0) is 31.0 Å². The van der Waals surface area contributed by atoms with Crippen LogP contribution >= 0.6 is 0 Å². The van der Waals surface area contributed by atoms with Gasteiger partial charge in [-0.05, 0) is 59.3 Å². The number of aliphatic hydroxyl groups is 1. The molecule has 0 spiro atoms. The van der Waals surface area contributed by atoms with Crippen LogP contribution in [0.2, 0.25) is 58.9 Å². The van der Waals surface area contributed by atoms with Crippen molar-refractivity contribution in [2.75, 3.05) is 19.8 Å². The Labute approximate surface area is 198 Å². The van der Waals surface area contributed by atoms with Crippen molar-refractivity contribution in [2.24, 2.45) is 0 Å². The molecule has 32 heavy (non-hydrogen) atoms. The van der Waals surface area contributed by atoms with Gasteiger partial charge in [-0.1, -0.05) is 6.58 Å². The predicted molar refractivity (Wildman–Crippen MR) is 136 cm³/mol. The third-order valence-corrected chi connectivity index (χ3v) is 15.9. The highest BCUT2D eigenvalue weighted by molar-refractivity contribution is 6.87. The number of hydrogen-bond donors (Lipinski definition) is 1. The summed E-state index contributed by atoms with van der Waals surface area (Å²) in [5.41, 5.74) is 0. The van der Waals surface area contributed by atoms with E-state index in [1.165, 1.54) is 0 Å². The van der Waals surface area contributed by atoms with Gasteiger partial charge < -0.3 is 36.8 Å². The van der Waals surface area contributed by atoms with Crippen molar-refractivity contribution >= 4 is 40.0 Å². The quantitative estimate of drug-likeness (QED) is 0.138. The van der Waals surface area contributed by atoms with Gasteiger partial charge in [0.25, 0.3) is 0 Å². The van der Waals surface area contributed by atoms with E-state index in [4.69, 9.17) is 31.4 Å². The SMILES string of the molecule is C=C(O)CCC(=O)OC(C)COCCO[Si](C)(O[Si](C)(C)C)O[Si](C)(C)O[Si](C)(C)C.O. The summed E-state index contributed by atoms with van der Waals surface area (Å²) in [6.45, 7) is 24.7. The average molecular weight is 531 g/mol. The molecule has 3 N–H and O–H groups in total. The molecule has 0 saturated carbocycles. The number of rotatable bonds is 16. The maximum absolute atomic E-state index is 11.7. The van der Waals surface area contributed by atoms with E-state index in [0.29, 0.717) is 13.2 Å². The van der Waals surface area contributed by atoms with Gasteiger partial charge in [-0.15, -0.1) is 0 Å². The zero-order valence-electron chi connectivity index (χ0n) is 21.6. The summed E-state index contributed by atoms with van der Waals surface area (Å²) < 4.78 is 36.0. The summed E-state index contributed by atoms with van der Waals surface area (Å²) in [7, 11) is -9.01. The molecule has 0 amide bonds. The van der Waals surface area contributed by atoms with Gasteiger partial charge in [0.05, 0.1) is 32.0 Å². The number of hydrogen-bond acceptors (Lipinski definition) is 8. The second kappa shape index (κ2) is 14.1. The van der Waals surface area contributed by atoms with E-state index in [2.05, 4.69) is 45.9 Å². The van der Waals surface area contributed by atoms with E-state index in [0.717, 1.165) is 0 Å². The van der Waals surface area contributed by atoms with Crippen LogP contribution in [0.25, 0.3) is 0 Å². The van der Waals surface area contributed by atoms with E-state index in [1.54, 1.807) is 6.92 Å².